The van der Waals surface area contributed by atoms with Crippen LogP contribution in [-0.4, -0.2) is 26.3 Å². The highest BCUT2D eigenvalue weighted by Gasteiger charge is 2.30. The number of nitrogens with zero attached hydrogens (tertiary/aromatic N) is 2. The van der Waals surface area contributed by atoms with Crippen LogP contribution in [-0.2, 0) is 0 Å². The van der Waals surface area contributed by atoms with Crippen LogP contribution in [0, 0.1) is 0 Å². The first-order valence-corrected chi connectivity index (χ1v) is 4.82. The second kappa shape index (κ2) is 2.79. The van der Waals surface area contributed by atoms with Crippen molar-refractivity contribution in [3.8, 4) is 0 Å². The Bertz CT molecular complexity index is 543. The first-order valence-electron chi connectivity index (χ1n) is 4.82. The first kappa shape index (κ1) is 8.40. The van der Waals surface area contributed by atoms with E-state index in [1.807, 2.05) is 0 Å². The van der Waals surface area contributed by atoms with Gasteiger partial charge in [-0.05, 0) is 24.3 Å². The molecule has 1 fully saturated rings. The number of hydrogen-bond acceptors (Lipinski definition) is 3. The Morgan fingerprint density at radius 2 is 2.27 bits per heavy atom. The summed E-state index contributed by atoms with van der Waals surface area (Å²) in [5.41, 5.74) is 1.87. The monoisotopic (exact) mass is 203 g/mol. The molecule has 5 nitrogen and oxygen atoms in total. The Morgan fingerprint density at radius 3 is 2.93 bits per heavy atom. The molecule has 0 radical (unpaired) electrons. The van der Waals surface area contributed by atoms with Crippen LogP contribution in [0.2, 0.25) is 0 Å². The zero-order valence-electron chi connectivity index (χ0n) is 7.90. The summed E-state index contributed by atoms with van der Waals surface area (Å²) in [6.07, 6.45) is 5.19. The highest BCUT2D eigenvalue weighted by Crippen LogP contribution is 2.44. The van der Waals surface area contributed by atoms with Crippen molar-refractivity contribution < 1.29 is 9.90 Å². The van der Waals surface area contributed by atoms with E-state index >= 15 is 0 Å². The summed E-state index contributed by atoms with van der Waals surface area (Å²) in [5.74, 6) is -0.535. The molecule has 3 rings (SSSR count). The van der Waals surface area contributed by atoms with Crippen molar-refractivity contribution in [2.75, 3.05) is 0 Å². The van der Waals surface area contributed by atoms with Crippen LogP contribution < -0.4 is 0 Å². The molecule has 2 N–H and O–H groups in total. The van der Waals surface area contributed by atoms with Crippen LogP contribution in [0.4, 0.5) is 0 Å². The SMILES string of the molecule is O=C(O)c1cnc2[nH]ncc2c1C1CC1. The van der Waals surface area contributed by atoms with E-state index in [9.17, 15) is 4.79 Å². The Morgan fingerprint density at radius 1 is 1.47 bits per heavy atom. The minimum Gasteiger partial charge on any atom is -0.478 e. The standard InChI is InChI=1S/C10H9N3O2/c14-10(15)7-3-11-9-6(4-12-13-9)8(7)5-1-2-5/h3-5H,1-2H2,(H,14,15)(H,11,12,13). The van der Waals surface area contributed by atoms with Crippen LogP contribution in [0.15, 0.2) is 12.4 Å². The van der Waals surface area contributed by atoms with Crippen molar-refractivity contribution in [2.24, 2.45) is 0 Å². The number of aromatic carboxylic acids is 1. The van der Waals surface area contributed by atoms with Gasteiger partial charge in [-0.1, -0.05) is 0 Å². The van der Waals surface area contributed by atoms with Crippen molar-refractivity contribution in [2.45, 2.75) is 18.8 Å². The average molecular weight is 203 g/mol. The number of carbonyl (C=O) groups is 1. The zero-order chi connectivity index (χ0) is 10.4. The quantitative estimate of drug-likeness (QED) is 0.775. The molecule has 1 saturated carbocycles. The minimum absolute atomic E-state index is 0.311. The predicted molar refractivity (Wildman–Crippen MR) is 52.8 cm³/mol. The molecule has 1 aliphatic rings. The second-order valence-corrected chi connectivity index (χ2v) is 3.80. The van der Waals surface area contributed by atoms with Crippen LogP contribution in [0.5, 0.6) is 0 Å². The molecule has 2 heterocycles. The lowest BCUT2D eigenvalue weighted by atomic mass is 10.0. The molecule has 2 aromatic heterocycles. The summed E-state index contributed by atoms with van der Waals surface area (Å²) in [7, 11) is 0. The van der Waals surface area contributed by atoms with Gasteiger partial charge in [0.25, 0.3) is 0 Å². The lowest BCUT2D eigenvalue weighted by Crippen LogP contribution is -2.03. The predicted octanol–water partition coefficient (Wildman–Crippen LogP) is 1.53. The number of fused-ring (bicyclic) bond motifs is 1. The Labute approximate surface area is 85.1 Å². The van der Waals surface area contributed by atoms with E-state index < -0.39 is 5.97 Å². The summed E-state index contributed by atoms with van der Waals surface area (Å²) in [6, 6.07) is 0. The van der Waals surface area contributed by atoms with Crippen molar-refractivity contribution in [1.29, 1.82) is 0 Å². The molecule has 0 atom stereocenters. The van der Waals surface area contributed by atoms with E-state index in [2.05, 4.69) is 15.2 Å². The lowest BCUT2D eigenvalue weighted by molar-refractivity contribution is 0.0695. The maximum absolute atomic E-state index is 11.0. The number of carboxylic acid groups (broad SMARTS) is 1. The number of H-pyrrole nitrogens is 1. The second-order valence-electron chi connectivity index (χ2n) is 3.80. The molecule has 1 aliphatic carbocycles. The number of hydrogen-bond donors (Lipinski definition) is 2. The third kappa shape index (κ3) is 1.20. The van der Waals surface area contributed by atoms with Gasteiger partial charge in [0.05, 0.1) is 11.8 Å². The van der Waals surface area contributed by atoms with Gasteiger partial charge in [-0.25, -0.2) is 9.78 Å². The van der Waals surface area contributed by atoms with Crippen molar-refractivity contribution in [1.82, 2.24) is 15.2 Å². The van der Waals surface area contributed by atoms with Crippen molar-refractivity contribution >= 4 is 17.0 Å². The van der Waals surface area contributed by atoms with Gasteiger partial charge < -0.3 is 5.11 Å². The molecule has 76 valence electrons. The van der Waals surface area contributed by atoms with Crippen LogP contribution in [0.1, 0.15) is 34.7 Å². The molecule has 0 saturated heterocycles. The highest BCUT2D eigenvalue weighted by molar-refractivity contribution is 5.95. The van der Waals surface area contributed by atoms with Gasteiger partial charge in [0.15, 0.2) is 5.65 Å². The minimum atomic E-state index is -0.910. The molecule has 5 heteroatoms. The number of carboxylic acids is 1. The van der Waals surface area contributed by atoms with Gasteiger partial charge in [0.2, 0.25) is 0 Å². The van der Waals surface area contributed by atoms with E-state index in [0.717, 1.165) is 23.8 Å². The fourth-order valence-corrected chi connectivity index (χ4v) is 1.90. The van der Waals surface area contributed by atoms with Crippen LogP contribution in [0.3, 0.4) is 0 Å². The summed E-state index contributed by atoms with van der Waals surface area (Å²) in [6.45, 7) is 0. The summed E-state index contributed by atoms with van der Waals surface area (Å²) in [5, 5.41) is 16.6. The third-order valence-corrected chi connectivity index (χ3v) is 2.74. The number of pyridine rings is 1. The molecule has 2 aromatic rings. The van der Waals surface area contributed by atoms with Crippen molar-refractivity contribution in [3.63, 3.8) is 0 Å². The Kier molecular flexibility index (Phi) is 1.56. The average Bonchev–Trinajstić information content (AvgIpc) is 2.93. The molecular formula is C10H9N3O2. The number of nitrogens with one attached hydrogen (secondary N) is 1. The van der Waals surface area contributed by atoms with Gasteiger partial charge in [0.1, 0.15) is 0 Å². The normalized spacial score (nSPS) is 15.7. The molecule has 0 aromatic carbocycles. The maximum Gasteiger partial charge on any atom is 0.337 e. The van der Waals surface area contributed by atoms with Gasteiger partial charge >= 0.3 is 5.97 Å². The first-order chi connectivity index (χ1) is 7.27. The fraction of sp³-hybridized carbons (Fsp3) is 0.300. The molecule has 15 heavy (non-hydrogen) atoms. The summed E-state index contributed by atoms with van der Waals surface area (Å²) in [4.78, 5) is 15.1. The van der Waals surface area contributed by atoms with Crippen LogP contribution in [0.25, 0.3) is 11.0 Å². The van der Waals surface area contributed by atoms with Crippen molar-refractivity contribution in [3.05, 3.63) is 23.5 Å². The number of rotatable bonds is 2. The summed E-state index contributed by atoms with van der Waals surface area (Å²) >= 11 is 0. The topological polar surface area (TPSA) is 78.9 Å². The van der Waals surface area contributed by atoms with Gasteiger partial charge in [-0.15, -0.1) is 0 Å². The van der Waals surface area contributed by atoms with Gasteiger partial charge in [0, 0.05) is 11.6 Å². The highest BCUT2D eigenvalue weighted by atomic mass is 16.4. The molecule has 0 amide bonds. The molecule has 0 aliphatic heterocycles. The van der Waals surface area contributed by atoms with E-state index in [-0.39, 0.29) is 0 Å². The molecule has 0 spiro atoms. The van der Waals surface area contributed by atoms with E-state index in [4.69, 9.17) is 5.11 Å². The number of aromatic nitrogens is 3. The summed E-state index contributed by atoms with van der Waals surface area (Å²) < 4.78 is 0. The van der Waals surface area contributed by atoms with Crippen LogP contribution >= 0.6 is 0 Å². The van der Waals surface area contributed by atoms with E-state index in [0.29, 0.717) is 17.1 Å². The third-order valence-electron chi connectivity index (χ3n) is 2.74. The fourth-order valence-electron chi connectivity index (χ4n) is 1.90. The smallest absolute Gasteiger partial charge is 0.337 e. The molecule has 0 unspecified atom stereocenters. The zero-order valence-corrected chi connectivity index (χ0v) is 7.90. The largest absolute Gasteiger partial charge is 0.478 e. The lowest BCUT2D eigenvalue weighted by Gasteiger charge is -2.04. The van der Waals surface area contributed by atoms with Gasteiger partial charge in [-0.2, -0.15) is 5.10 Å². The molecule has 0 bridgehead atoms. The maximum atomic E-state index is 11.0. The van der Waals surface area contributed by atoms with Gasteiger partial charge in [-0.3, -0.25) is 5.10 Å². The Balaban J connectivity index is 2.34. The molecular weight excluding hydrogens is 194 g/mol. The van der Waals surface area contributed by atoms with E-state index in [1.54, 1.807) is 6.20 Å². The Hall–Kier alpha value is -1.91. The number of aromatic amines is 1. The van der Waals surface area contributed by atoms with E-state index in [1.165, 1.54) is 6.20 Å².